The first kappa shape index (κ1) is 31.6. The molecule has 1 aliphatic heterocycles. The Morgan fingerprint density at radius 3 is 2.40 bits per heavy atom. The minimum absolute atomic E-state index is 0.0378. The van der Waals surface area contributed by atoms with Crippen molar-refractivity contribution in [2.45, 2.75) is 45.8 Å². The Labute approximate surface area is 254 Å². The first-order chi connectivity index (χ1) is 20.7. The van der Waals surface area contributed by atoms with Crippen LogP contribution < -0.4 is 14.2 Å². The maximum absolute atomic E-state index is 13.4. The molecule has 1 fully saturated rings. The molecule has 8 heteroatoms. The largest absolute Gasteiger partial charge is 0.507 e. The minimum atomic E-state index is -0.791. The van der Waals surface area contributed by atoms with E-state index in [-0.39, 0.29) is 11.3 Å². The van der Waals surface area contributed by atoms with E-state index >= 15 is 0 Å². The Kier molecular flexibility index (Phi) is 10.8. The van der Waals surface area contributed by atoms with Crippen molar-refractivity contribution in [3.05, 3.63) is 94.6 Å². The SMILES string of the molecule is CCCCCOc1ccc(C2/C(=C(\O)c3ccc(OCc4cccc(C)c4)cc3)C(=O)C(=O)N2CCN(C)C)cc1OC. The van der Waals surface area contributed by atoms with Crippen LogP contribution in [0.3, 0.4) is 0 Å². The third-order valence-corrected chi connectivity index (χ3v) is 7.45. The zero-order valence-corrected chi connectivity index (χ0v) is 25.8. The molecular weight excluding hydrogens is 544 g/mol. The molecule has 0 aliphatic carbocycles. The number of hydrogen-bond donors (Lipinski definition) is 1. The fraction of sp³-hybridized carbons (Fsp3) is 0.371. The standard InChI is InChI=1S/C35H42N2O6/c1-6-7-8-20-42-29-17-14-27(22-30(29)41-5)32-31(34(39)35(40)37(32)19-18-36(3)4)33(38)26-12-15-28(16-13-26)43-23-25-11-9-10-24(2)21-25/h9-17,21-22,32,38H,6-8,18-20,23H2,1-5H3/b33-31+. The molecule has 3 aromatic rings. The number of benzene rings is 3. The lowest BCUT2D eigenvalue weighted by molar-refractivity contribution is -0.140. The molecule has 0 spiro atoms. The molecule has 0 aromatic heterocycles. The fourth-order valence-corrected chi connectivity index (χ4v) is 5.11. The van der Waals surface area contributed by atoms with Crippen molar-refractivity contribution in [1.29, 1.82) is 0 Å². The van der Waals surface area contributed by atoms with Crippen LogP contribution in [0.1, 0.15) is 54.5 Å². The number of hydrogen-bond acceptors (Lipinski definition) is 7. The first-order valence-electron chi connectivity index (χ1n) is 14.8. The summed E-state index contributed by atoms with van der Waals surface area (Å²) in [5.74, 6) is 0.113. The highest BCUT2D eigenvalue weighted by atomic mass is 16.5. The van der Waals surface area contributed by atoms with Gasteiger partial charge in [-0.05, 0) is 75.0 Å². The van der Waals surface area contributed by atoms with Crippen LogP contribution >= 0.6 is 0 Å². The van der Waals surface area contributed by atoms with E-state index in [2.05, 4.69) is 13.0 Å². The number of unbranched alkanes of at least 4 members (excludes halogenated alkanes) is 2. The number of ketones is 1. The van der Waals surface area contributed by atoms with E-state index < -0.39 is 17.7 Å². The summed E-state index contributed by atoms with van der Waals surface area (Å²) in [7, 11) is 5.37. The van der Waals surface area contributed by atoms with Gasteiger partial charge in [-0.25, -0.2) is 0 Å². The predicted octanol–water partition coefficient (Wildman–Crippen LogP) is 6.13. The molecular formula is C35H42N2O6. The number of likely N-dealkylation sites (N-methyl/N-ethyl adjacent to an activating group) is 1. The topological polar surface area (TPSA) is 88.5 Å². The van der Waals surface area contributed by atoms with Crippen molar-refractivity contribution in [2.24, 2.45) is 0 Å². The third-order valence-electron chi connectivity index (χ3n) is 7.45. The van der Waals surface area contributed by atoms with Crippen LogP contribution in [0.2, 0.25) is 0 Å². The summed E-state index contributed by atoms with van der Waals surface area (Å²) in [4.78, 5) is 30.2. The van der Waals surface area contributed by atoms with Gasteiger partial charge in [-0.2, -0.15) is 0 Å². The number of likely N-dealkylation sites (tertiary alicyclic amines) is 1. The molecule has 1 heterocycles. The average Bonchev–Trinajstić information content (AvgIpc) is 3.26. The average molecular weight is 587 g/mol. The number of methoxy groups -OCH3 is 1. The van der Waals surface area contributed by atoms with Crippen LogP contribution in [-0.4, -0.2) is 67.5 Å². The van der Waals surface area contributed by atoms with Gasteiger partial charge < -0.3 is 29.1 Å². The van der Waals surface area contributed by atoms with Crippen molar-refractivity contribution in [3.8, 4) is 17.2 Å². The lowest BCUT2D eigenvalue weighted by Crippen LogP contribution is -2.35. The molecule has 3 aromatic carbocycles. The Hall–Kier alpha value is -4.30. The highest BCUT2D eigenvalue weighted by Crippen LogP contribution is 2.42. The molecule has 8 nitrogen and oxygen atoms in total. The summed E-state index contributed by atoms with van der Waals surface area (Å²) in [6.07, 6.45) is 3.09. The van der Waals surface area contributed by atoms with Crippen molar-refractivity contribution >= 4 is 17.4 Å². The lowest BCUT2D eigenvalue weighted by atomic mass is 9.95. The number of Topliss-reactive ketones (excluding diaryl/α,β-unsaturated/α-hetero) is 1. The number of aryl methyl sites for hydroxylation is 1. The van der Waals surface area contributed by atoms with Gasteiger partial charge in [0.15, 0.2) is 11.5 Å². The van der Waals surface area contributed by atoms with Crippen LogP contribution in [0, 0.1) is 6.92 Å². The van der Waals surface area contributed by atoms with Gasteiger partial charge in [0.1, 0.15) is 18.1 Å². The van der Waals surface area contributed by atoms with Gasteiger partial charge in [0.25, 0.3) is 11.7 Å². The molecule has 1 N–H and O–H groups in total. The van der Waals surface area contributed by atoms with Crippen LogP contribution in [-0.2, 0) is 16.2 Å². The van der Waals surface area contributed by atoms with Crippen LogP contribution in [0.4, 0.5) is 0 Å². The number of carbonyl (C=O) groups excluding carboxylic acids is 2. The summed E-state index contributed by atoms with van der Waals surface area (Å²) in [6.45, 7) is 6.00. The summed E-state index contributed by atoms with van der Waals surface area (Å²) in [5, 5.41) is 11.5. The smallest absolute Gasteiger partial charge is 0.295 e. The Morgan fingerprint density at radius 2 is 1.72 bits per heavy atom. The van der Waals surface area contributed by atoms with Gasteiger partial charge in [0.05, 0.1) is 25.3 Å². The quantitative estimate of drug-likeness (QED) is 0.105. The lowest BCUT2D eigenvalue weighted by Gasteiger charge is -2.27. The second-order valence-electron chi connectivity index (χ2n) is 11.1. The molecule has 1 unspecified atom stereocenters. The summed E-state index contributed by atoms with van der Waals surface area (Å²) < 4.78 is 17.5. The number of ether oxygens (including phenoxy) is 3. The highest BCUT2D eigenvalue weighted by Gasteiger charge is 2.46. The zero-order valence-electron chi connectivity index (χ0n) is 25.8. The summed E-state index contributed by atoms with van der Waals surface area (Å²) in [5.41, 5.74) is 3.31. The molecule has 1 aliphatic rings. The van der Waals surface area contributed by atoms with Gasteiger partial charge in [-0.3, -0.25) is 9.59 Å². The van der Waals surface area contributed by atoms with E-state index in [9.17, 15) is 14.7 Å². The van der Waals surface area contributed by atoms with Crippen LogP contribution in [0.25, 0.3) is 5.76 Å². The summed E-state index contributed by atoms with van der Waals surface area (Å²) >= 11 is 0. The molecule has 0 radical (unpaired) electrons. The fourth-order valence-electron chi connectivity index (χ4n) is 5.11. The number of aliphatic hydroxyl groups excluding tert-OH is 1. The van der Waals surface area contributed by atoms with E-state index in [0.717, 1.165) is 30.4 Å². The molecule has 1 amide bonds. The van der Waals surface area contributed by atoms with Crippen molar-refractivity contribution in [2.75, 3.05) is 40.9 Å². The van der Waals surface area contributed by atoms with Gasteiger partial charge in [0.2, 0.25) is 0 Å². The van der Waals surface area contributed by atoms with Gasteiger partial charge >= 0.3 is 0 Å². The zero-order chi connectivity index (χ0) is 30.9. The number of aliphatic hydroxyl groups is 1. The van der Waals surface area contributed by atoms with Crippen LogP contribution in [0.5, 0.6) is 17.2 Å². The molecule has 0 saturated carbocycles. The molecule has 228 valence electrons. The Bertz CT molecular complexity index is 1450. The number of carbonyl (C=O) groups is 2. The van der Waals surface area contributed by atoms with E-state index in [1.54, 1.807) is 43.5 Å². The Balaban J connectivity index is 1.65. The number of nitrogens with zero attached hydrogens (tertiary/aromatic N) is 2. The van der Waals surface area contributed by atoms with Crippen molar-refractivity contribution < 1.29 is 28.9 Å². The van der Waals surface area contributed by atoms with Gasteiger partial charge in [-0.1, -0.05) is 55.7 Å². The number of amides is 1. The minimum Gasteiger partial charge on any atom is -0.507 e. The van der Waals surface area contributed by atoms with Crippen molar-refractivity contribution in [3.63, 3.8) is 0 Å². The van der Waals surface area contributed by atoms with E-state index in [1.807, 2.05) is 50.2 Å². The molecule has 1 saturated heterocycles. The summed E-state index contributed by atoms with van der Waals surface area (Å²) in [6, 6.07) is 19.6. The highest BCUT2D eigenvalue weighted by molar-refractivity contribution is 6.46. The molecule has 0 bridgehead atoms. The van der Waals surface area contributed by atoms with E-state index in [4.69, 9.17) is 14.2 Å². The maximum Gasteiger partial charge on any atom is 0.295 e. The monoisotopic (exact) mass is 586 g/mol. The normalized spacial score (nSPS) is 16.1. The first-order valence-corrected chi connectivity index (χ1v) is 14.8. The number of rotatable bonds is 14. The molecule has 1 atom stereocenters. The third kappa shape index (κ3) is 7.76. The second-order valence-corrected chi connectivity index (χ2v) is 11.1. The van der Waals surface area contributed by atoms with Crippen LogP contribution in [0.15, 0.2) is 72.3 Å². The predicted molar refractivity (Wildman–Crippen MR) is 168 cm³/mol. The molecule has 43 heavy (non-hydrogen) atoms. The van der Waals surface area contributed by atoms with E-state index in [0.29, 0.717) is 54.7 Å². The van der Waals surface area contributed by atoms with Gasteiger partial charge in [-0.15, -0.1) is 0 Å². The molecule has 4 rings (SSSR count). The Morgan fingerprint density at radius 1 is 0.953 bits per heavy atom. The second kappa shape index (κ2) is 14.7. The maximum atomic E-state index is 13.4. The van der Waals surface area contributed by atoms with E-state index in [1.165, 1.54) is 4.90 Å². The van der Waals surface area contributed by atoms with Crippen molar-refractivity contribution in [1.82, 2.24) is 9.80 Å². The van der Waals surface area contributed by atoms with Gasteiger partial charge in [0, 0.05) is 18.7 Å².